The molecule has 0 saturated heterocycles. The van der Waals surface area contributed by atoms with E-state index < -0.39 is 0 Å². The van der Waals surface area contributed by atoms with E-state index in [0.29, 0.717) is 58.0 Å². The molecule has 0 aliphatic rings. The van der Waals surface area contributed by atoms with Crippen molar-refractivity contribution in [2.75, 3.05) is 46.1 Å². The van der Waals surface area contributed by atoms with Gasteiger partial charge >= 0.3 is 0 Å². The van der Waals surface area contributed by atoms with Gasteiger partial charge in [0.2, 0.25) is 5.91 Å². The third-order valence-electron chi connectivity index (χ3n) is 3.49. The van der Waals surface area contributed by atoms with Gasteiger partial charge in [0.25, 0.3) is 0 Å². The van der Waals surface area contributed by atoms with E-state index in [1.54, 1.807) is 0 Å². The number of ether oxygens (including phenoxy) is 3. The number of nitrogens with zero attached hydrogens (tertiary/aromatic N) is 1. The van der Waals surface area contributed by atoms with Crippen LogP contribution in [0.15, 0.2) is 0 Å². The molecule has 1 unspecified atom stereocenters. The van der Waals surface area contributed by atoms with Crippen molar-refractivity contribution in [3.8, 4) is 17.2 Å². The van der Waals surface area contributed by atoms with E-state index >= 15 is 0 Å². The van der Waals surface area contributed by atoms with Crippen LogP contribution in [0, 0.1) is 28.4 Å². The Balaban J connectivity index is 3.55. The summed E-state index contributed by atoms with van der Waals surface area (Å²) in [6, 6.07) is 0.465. The molecule has 0 aromatic heterocycles. The predicted octanol–water partition coefficient (Wildman–Crippen LogP) is 2.52. The van der Waals surface area contributed by atoms with Gasteiger partial charge in [-0.2, -0.15) is 5.26 Å². The van der Waals surface area contributed by atoms with Gasteiger partial charge in [0.15, 0.2) is 0 Å². The zero-order chi connectivity index (χ0) is 21.7. The quantitative estimate of drug-likeness (QED) is 0.159. The molecule has 0 heterocycles. The Bertz CT molecular complexity index is 512. The number of nitrogens with one attached hydrogen (secondary N) is 2. The zero-order valence-electron chi connectivity index (χ0n) is 18.3. The second-order valence-corrected chi connectivity index (χ2v) is 7.93. The van der Waals surface area contributed by atoms with E-state index in [4.69, 9.17) is 19.5 Å². The van der Waals surface area contributed by atoms with E-state index in [-0.39, 0.29) is 11.3 Å². The van der Waals surface area contributed by atoms with Crippen LogP contribution < -0.4 is 10.6 Å². The first-order chi connectivity index (χ1) is 14.0. The maximum atomic E-state index is 11.6. The highest BCUT2D eigenvalue weighted by atomic mass is 32.2. The highest BCUT2D eigenvalue weighted by Crippen LogP contribution is 2.16. The Hall–Kier alpha value is -1.29. The summed E-state index contributed by atoms with van der Waals surface area (Å²) in [5.74, 6) is 6.13. The van der Waals surface area contributed by atoms with Crippen LogP contribution in [0.2, 0.25) is 0 Å². The van der Waals surface area contributed by atoms with Crippen LogP contribution in [-0.2, 0) is 19.0 Å². The summed E-state index contributed by atoms with van der Waals surface area (Å²) in [6.45, 7) is 11.6. The normalized spacial score (nSPS) is 11.8. The van der Waals surface area contributed by atoms with Gasteiger partial charge < -0.3 is 24.8 Å². The molecule has 0 bridgehead atoms. The number of hydrogen-bond donors (Lipinski definition) is 2. The van der Waals surface area contributed by atoms with Crippen molar-refractivity contribution in [1.29, 1.82) is 5.26 Å². The average molecular weight is 428 g/mol. The summed E-state index contributed by atoms with van der Waals surface area (Å²) in [5, 5.41) is 17.0. The summed E-state index contributed by atoms with van der Waals surface area (Å²) < 4.78 is 16.5. The highest BCUT2D eigenvalue weighted by Gasteiger charge is 2.09. The third-order valence-corrected chi connectivity index (χ3v) is 4.23. The zero-order valence-corrected chi connectivity index (χ0v) is 19.1. The van der Waals surface area contributed by atoms with Crippen LogP contribution >= 0.6 is 11.8 Å². The Morgan fingerprint density at radius 1 is 1.07 bits per heavy atom. The molecular formula is C21H37N3O4S. The molecule has 2 N–H and O–H groups in total. The highest BCUT2D eigenvalue weighted by molar-refractivity contribution is 8.04. The fourth-order valence-corrected chi connectivity index (χ4v) is 2.67. The Labute approximate surface area is 180 Å². The SMILES string of the molecule is CC(C)C#CCNC(=O)CCOCCOCCOC(CCCNC(C)C)SC#N. The minimum atomic E-state index is -0.127. The molecule has 0 aliphatic heterocycles. The van der Waals surface area contributed by atoms with Crippen molar-refractivity contribution in [3.05, 3.63) is 0 Å². The topological polar surface area (TPSA) is 92.6 Å². The van der Waals surface area contributed by atoms with Crippen molar-refractivity contribution in [1.82, 2.24) is 10.6 Å². The van der Waals surface area contributed by atoms with Crippen LogP contribution in [0.4, 0.5) is 0 Å². The van der Waals surface area contributed by atoms with Crippen LogP contribution in [0.25, 0.3) is 0 Å². The molecule has 0 fully saturated rings. The lowest BCUT2D eigenvalue weighted by molar-refractivity contribution is -0.122. The number of hydrogen-bond acceptors (Lipinski definition) is 7. The van der Waals surface area contributed by atoms with Gasteiger partial charge in [-0.25, -0.2) is 0 Å². The van der Waals surface area contributed by atoms with Gasteiger partial charge in [0, 0.05) is 18.4 Å². The van der Waals surface area contributed by atoms with Gasteiger partial charge in [-0.05, 0) is 31.1 Å². The molecule has 0 spiro atoms. The Morgan fingerprint density at radius 3 is 2.41 bits per heavy atom. The average Bonchev–Trinajstić information content (AvgIpc) is 2.66. The smallest absolute Gasteiger partial charge is 0.223 e. The van der Waals surface area contributed by atoms with E-state index in [2.05, 4.69) is 41.7 Å². The molecule has 1 amide bonds. The maximum absolute atomic E-state index is 11.6. The van der Waals surface area contributed by atoms with Crippen molar-refractivity contribution in [3.63, 3.8) is 0 Å². The molecule has 0 rings (SSSR count). The van der Waals surface area contributed by atoms with Crippen LogP contribution in [0.1, 0.15) is 47.0 Å². The van der Waals surface area contributed by atoms with Gasteiger partial charge in [-0.15, -0.1) is 0 Å². The number of nitriles is 1. The summed E-state index contributed by atoms with van der Waals surface area (Å²) in [5.41, 5.74) is -0.127. The molecule has 7 nitrogen and oxygen atoms in total. The fraction of sp³-hybridized carbons (Fsp3) is 0.810. The van der Waals surface area contributed by atoms with Gasteiger partial charge in [-0.1, -0.05) is 39.5 Å². The van der Waals surface area contributed by atoms with Gasteiger partial charge in [0.05, 0.1) is 39.6 Å². The molecule has 1 atom stereocenters. The predicted molar refractivity (Wildman–Crippen MR) is 117 cm³/mol. The monoisotopic (exact) mass is 427 g/mol. The third kappa shape index (κ3) is 21.2. The summed E-state index contributed by atoms with van der Waals surface area (Å²) in [7, 11) is 0. The van der Waals surface area contributed by atoms with E-state index in [9.17, 15) is 4.79 Å². The first-order valence-electron chi connectivity index (χ1n) is 10.3. The molecule has 0 aliphatic carbocycles. The van der Waals surface area contributed by atoms with Gasteiger partial charge in [-0.3, -0.25) is 4.79 Å². The molecule has 0 aromatic carbocycles. The van der Waals surface area contributed by atoms with Crippen LogP contribution in [0.5, 0.6) is 0 Å². The van der Waals surface area contributed by atoms with Crippen molar-refractivity contribution in [2.45, 2.75) is 58.4 Å². The van der Waals surface area contributed by atoms with Crippen molar-refractivity contribution >= 4 is 17.7 Å². The summed E-state index contributed by atoms with van der Waals surface area (Å²) >= 11 is 1.15. The molecule has 8 heteroatoms. The molecule has 166 valence electrons. The number of carbonyl (C=O) groups excluding carboxylic acids is 1. The largest absolute Gasteiger partial charge is 0.379 e. The molecule has 0 radical (unpaired) electrons. The minimum Gasteiger partial charge on any atom is -0.379 e. The molecule has 29 heavy (non-hydrogen) atoms. The second-order valence-electron chi connectivity index (χ2n) is 6.99. The maximum Gasteiger partial charge on any atom is 0.223 e. The number of thioether (sulfide) groups is 1. The first-order valence-corrected chi connectivity index (χ1v) is 11.1. The number of thiocyanates is 1. The summed E-state index contributed by atoms with van der Waals surface area (Å²) in [6.07, 6.45) is 2.10. The number of rotatable bonds is 17. The molecule has 0 aromatic rings. The lowest BCUT2D eigenvalue weighted by Gasteiger charge is -2.15. The molecular weight excluding hydrogens is 390 g/mol. The second kappa shape index (κ2) is 20.0. The van der Waals surface area contributed by atoms with E-state index in [1.807, 2.05) is 13.8 Å². The van der Waals surface area contributed by atoms with Crippen molar-refractivity contribution in [2.24, 2.45) is 5.92 Å². The van der Waals surface area contributed by atoms with E-state index in [0.717, 1.165) is 31.1 Å². The lowest BCUT2D eigenvalue weighted by Crippen LogP contribution is -2.25. The van der Waals surface area contributed by atoms with Gasteiger partial charge in [0.1, 0.15) is 10.8 Å². The summed E-state index contributed by atoms with van der Waals surface area (Å²) in [4.78, 5) is 11.6. The Kier molecular flexibility index (Phi) is 19.1. The standard InChI is InChI=1S/C21H37N3O4S/c1-18(2)7-5-11-24-20(25)9-12-26-13-14-27-15-16-28-21(29-17-22)8-6-10-23-19(3)4/h18-19,21,23H,6,8-16H2,1-4H3,(H,24,25). The van der Waals surface area contributed by atoms with Crippen LogP contribution in [-0.4, -0.2) is 63.5 Å². The number of amides is 1. The lowest BCUT2D eigenvalue weighted by atomic mass is 10.2. The first kappa shape index (κ1) is 27.7. The number of carbonyl (C=O) groups is 1. The molecule has 0 saturated carbocycles. The minimum absolute atomic E-state index is 0.0676. The fourth-order valence-electron chi connectivity index (χ4n) is 2.11. The van der Waals surface area contributed by atoms with Crippen molar-refractivity contribution < 1.29 is 19.0 Å². The Morgan fingerprint density at radius 2 is 1.76 bits per heavy atom. The van der Waals surface area contributed by atoms with E-state index in [1.165, 1.54) is 0 Å². The van der Waals surface area contributed by atoms with Crippen LogP contribution in [0.3, 0.4) is 0 Å².